The van der Waals surface area contributed by atoms with Crippen LogP contribution < -0.4 is 10.6 Å². The fourth-order valence-electron chi connectivity index (χ4n) is 2.44. The molecule has 1 aromatic heterocycles. The molecule has 0 spiro atoms. The van der Waals surface area contributed by atoms with Crippen LogP contribution in [0, 0.1) is 0 Å². The van der Waals surface area contributed by atoms with Crippen molar-refractivity contribution in [2.24, 2.45) is 0 Å². The van der Waals surface area contributed by atoms with Gasteiger partial charge in [-0.1, -0.05) is 0 Å². The molecule has 1 atom stereocenters. The third-order valence-electron chi connectivity index (χ3n) is 2.88. The Kier molecular flexibility index (Phi) is 3.53. The van der Waals surface area contributed by atoms with E-state index in [-0.39, 0.29) is 22.4 Å². The van der Waals surface area contributed by atoms with E-state index in [1.165, 1.54) is 0 Å². The SMILES string of the molecule is CC1CN(c2snc(N)c2S(C)(=O)=O)CC(C)(C)O1. The van der Waals surface area contributed by atoms with Crippen molar-refractivity contribution in [3.63, 3.8) is 0 Å². The van der Waals surface area contributed by atoms with E-state index in [1.807, 2.05) is 25.7 Å². The number of nitrogen functional groups attached to an aromatic ring is 1. The van der Waals surface area contributed by atoms with Gasteiger partial charge in [0.05, 0.1) is 11.7 Å². The zero-order valence-corrected chi connectivity index (χ0v) is 13.1. The number of ether oxygens (including phenoxy) is 1. The van der Waals surface area contributed by atoms with Crippen LogP contribution in [0.15, 0.2) is 4.90 Å². The molecule has 8 heteroatoms. The fourth-order valence-corrected chi connectivity index (χ4v) is 4.66. The van der Waals surface area contributed by atoms with Crippen molar-refractivity contribution in [2.75, 3.05) is 30.0 Å². The second-order valence-corrected chi connectivity index (χ2v) is 8.25. The molecule has 2 N–H and O–H groups in total. The van der Waals surface area contributed by atoms with Crippen molar-refractivity contribution in [3.05, 3.63) is 0 Å². The van der Waals surface area contributed by atoms with E-state index in [9.17, 15) is 8.42 Å². The maximum Gasteiger partial charge on any atom is 0.182 e. The van der Waals surface area contributed by atoms with Crippen LogP contribution in [0.3, 0.4) is 0 Å². The van der Waals surface area contributed by atoms with E-state index in [2.05, 4.69) is 4.37 Å². The van der Waals surface area contributed by atoms with Gasteiger partial charge in [-0.25, -0.2) is 8.42 Å². The number of rotatable bonds is 2. The molecule has 1 aromatic rings. The van der Waals surface area contributed by atoms with Gasteiger partial charge in [0.25, 0.3) is 0 Å². The highest BCUT2D eigenvalue weighted by molar-refractivity contribution is 7.91. The first-order valence-electron chi connectivity index (χ1n) is 5.98. The van der Waals surface area contributed by atoms with E-state index in [0.29, 0.717) is 18.1 Å². The van der Waals surface area contributed by atoms with Crippen LogP contribution in [-0.4, -0.2) is 43.8 Å². The van der Waals surface area contributed by atoms with Crippen molar-refractivity contribution in [1.29, 1.82) is 0 Å². The summed E-state index contributed by atoms with van der Waals surface area (Å²) in [5.41, 5.74) is 5.37. The van der Waals surface area contributed by atoms with Gasteiger partial charge in [0.2, 0.25) is 0 Å². The molecule has 0 amide bonds. The molecule has 0 saturated carbocycles. The molecule has 6 nitrogen and oxygen atoms in total. The molecule has 1 aliphatic rings. The van der Waals surface area contributed by atoms with Crippen LogP contribution in [-0.2, 0) is 14.6 Å². The molecular weight excluding hydrogens is 286 g/mol. The molecule has 19 heavy (non-hydrogen) atoms. The smallest absolute Gasteiger partial charge is 0.182 e. The first-order chi connectivity index (χ1) is 8.60. The lowest BCUT2D eigenvalue weighted by molar-refractivity contribution is -0.0749. The first-order valence-corrected chi connectivity index (χ1v) is 8.64. The molecule has 1 unspecified atom stereocenters. The van der Waals surface area contributed by atoms with Crippen LogP contribution >= 0.6 is 11.5 Å². The van der Waals surface area contributed by atoms with Gasteiger partial charge in [0.15, 0.2) is 15.7 Å². The van der Waals surface area contributed by atoms with E-state index in [4.69, 9.17) is 10.5 Å². The minimum atomic E-state index is -3.38. The Bertz CT molecular complexity index is 580. The Morgan fingerprint density at radius 2 is 2.16 bits per heavy atom. The van der Waals surface area contributed by atoms with Crippen LogP contribution in [0.2, 0.25) is 0 Å². The standard InChI is InChI=1S/C11H19N3O3S2/c1-7-5-14(6-11(2,3)17-7)10-8(19(4,15)16)9(12)13-18-10/h7H,5-6H2,1-4H3,(H2,12,13). The molecule has 1 fully saturated rings. The molecule has 0 bridgehead atoms. The van der Waals surface area contributed by atoms with Gasteiger partial charge in [-0.05, 0) is 32.3 Å². The van der Waals surface area contributed by atoms with Crippen molar-refractivity contribution < 1.29 is 13.2 Å². The monoisotopic (exact) mass is 305 g/mol. The summed E-state index contributed by atoms with van der Waals surface area (Å²) in [7, 11) is -3.38. The van der Waals surface area contributed by atoms with Crippen molar-refractivity contribution in [2.45, 2.75) is 37.4 Å². The predicted octanol–water partition coefficient (Wildman–Crippen LogP) is 1.13. The summed E-state index contributed by atoms with van der Waals surface area (Å²) in [6.45, 7) is 7.19. The maximum atomic E-state index is 11.8. The Morgan fingerprint density at radius 3 is 2.68 bits per heavy atom. The lowest BCUT2D eigenvalue weighted by Gasteiger charge is -2.42. The fraction of sp³-hybridized carbons (Fsp3) is 0.727. The highest BCUT2D eigenvalue weighted by Crippen LogP contribution is 2.37. The minimum absolute atomic E-state index is 0.0273. The third-order valence-corrected chi connectivity index (χ3v) is 5.08. The number of morpholine rings is 1. The number of anilines is 2. The topological polar surface area (TPSA) is 85.5 Å². The van der Waals surface area contributed by atoms with Crippen molar-refractivity contribution in [3.8, 4) is 0 Å². The Labute approximate surface area is 117 Å². The van der Waals surface area contributed by atoms with Crippen LogP contribution in [0.5, 0.6) is 0 Å². The quantitative estimate of drug-likeness (QED) is 0.881. The van der Waals surface area contributed by atoms with E-state index < -0.39 is 9.84 Å². The lowest BCUT2D eigenvalue weighted by atomic mass is 10.1. The number of sulfone groups is 1. The number of aromatic nitrogens is 1. The lowest BCUT2D eigenvalue weighted by Crippen LogP contribution is -2.52. The predicted molar refractivity (Wildman–Crippen MR) is 76.5 cm³/mol. The van der Waals surface area contributed by atoms with Crippen LogP contribution in [0.1, 0.15) is 20.8 Å². The zero-order valence-electron chi connectivity index (χ0n) is 11.5. The highest BCUT2D eigenvalue weighted by Gasteiger charge is 2.35. The molecule has 0 aromatic carbocycles. The normalized spacial score (nSPS) is 23.6. The summed E-state index contributed by atoms with van der Waals surface area (Å²) in [6, 6.07) is 0. The molecule has 108 valence electrons. The summed E-state index contributed by atoms with van der Waals surface area (Å²) >= 11 is 1.13. The van der Waals surface area contributed by atoms with E-state index in [0.717, 1.165) is 17.8 Å². The second kappa shape index (κ2) is 4.60. The summed E-state index contributed by atoms with van der Waals surface area (Å²) in [6.07, 6.45) is 1.19. The number of hydrogen-bond donors (Lipinski definition) is 1. The number of nitrogens with two attached hydrogens (primary N) is 1. The summed E-state index contributed by atoms with van der Waals surface area (Å²) in [4.78, 5) is 2.14. The Hall–Kier alpha value is -0.860. The minimum Gasteiger partial charge on any atom is -0.382 e. The van der Waals surface area contributed by atoms with Crippen molar-refractivity contribution in [1.82, 2.24) is 4.37 Å². The molecule has 2 heterocycles. The zero-order chi connectivity index (χ0) is 14.4. The van der Waals surface area contributed by atoms with Gasteiger partial charge >= 0.3 is 0 Å². The van der Waals surface area contributed by atoms with Gasteiger partial charge in [0, 0.05) is 19.3 Å². The molecule has 1 aliphatic heterocycles. The number of hydrogen-bond acceptors (Lipinski definition) is 7. The van der Waals surface area contributed by atoms with Gasteiger partial charge in [0.1, 0.15) is 9.90 Å². The summed E-state index contributed by atoms with van der Waals surface area (Å²) in [5.74, 6) is 0.0828. The van der Waals surface area contributed by atoms with Gasteiger partial charge < -0.3 is 15.4 Å². The third kappa shape index (κ3) is 3.01. The highest BCUT2D eigenvalue weighted by atomic mass is 32.2. The molecule has 2 rings (SSSR count). The van der Waals surface area contributed by atoms with E-state index in [1.54, 1.807) is 0 Å². The first kappa shape index (κ1) is 14.5. The molecular formula is C11H19N3O3S2. The Morgan fingerprint density at radius 1 is 1.53 bits per heavy atom. The van der Waals surface area contributed by atoms with Crippen LogP contribution in [0.4, 0.5) is 10.8 Å². The molecule has 0 radical (unpaired) electrons. The van der Waals surface area contributed by atoms with E-state index >= 15 is 0 Å². The van der Waals surface area contributed by atoms with Crippen LogP contribution in [0.25, 0.3) is 0 Å². The van der Waals surface area contributed by atoms with Gasteiger partial charge in [-0.3, -0.25) is 0 Å². The Balaban J connectivity index is 2.43. The molecule has 0 aliphatic carbocycles. The van der Waals surface area contributed by atoms with Crippen molar-refractivity contribution >= 4 is 32.2 Å². The summed E-state index contributed by atoms with van der Waals surface area (Å²) < 4.78 is 33.5. The van der Waals surface area contributed by atoms with Gasteiger partial charge in [-0.2, -0.15) is 4.37 Å². The summed E-state index contributed by atoms with van der Waals surface area (Å²) in [5, 5.41) is 0.614. The number of nitrogens with zero attached hydrogens (tertiary/aromatic N) is 2. The molecule has 1 saturated heterocycles. The second-order valence-electron chi connectivity index (χ2n) is 5.54. The largest absolute Gasteiger partial charge is 0.382 e. The average molecular weight is 305 g/mol. The van der Waals surface area contributed by atoms with Gasteiger partial charge in [-0.15, -0.1) is 0 Å². The average Bonchev–Trinajstić information content (AvgIpc) is 2.56. The maximum absolute atomic E-state index is 11.8.